The predicted octanol–water partition coefficient (Wildman–Crippen LogP) is 2.10. The summed E-state index contributed by atoms with van der Waals surface area (Å²) in [4.78, 5) is 28.2. The van der Waals surface area contributed by atoms with Crippen LogP contribution in [0.25, 0.3) is 10.9 Å². The van der Waals surface area contributed by atoms with Gasteiger partial charge in [0.1, 0.15) is 0 Å². The molecule has 20 heavy (non-hydrogen) atoms. The molecule has 2 aromatic rings. The smallest absolute Gasteiger partial charge is 0.308 e. The van der Waals surface area contributed by atoms with E-state index in [2.05, 4.69) is 4.98 Å². The number of aromatic nitrogens is 1. The first kappa shape index (κ1) is 12.7. The van der Waals surface area contributed by atoms with E-state index in [1.54, 1.807) is 11.0 Å². The molecule has 0 bridgehead atoms. The van der Waals surface area contributed by atoms with Crippen molar-refractivity contribution in [2.45, 2.75) is 12.8 Å². The number of benzene rings is 1. The van der Waals surface area contributed by atoms with E-state index in [0.717, 1.165) is 17.3 Å². The molecule has 0 radical (unpaired) electrons. The van der Waals surface area contributed by atoms with Gasteiger partial charge >= 0.3 is 5.97 Å². The Balaban J connectivity index is 1.82. The second-order valence-electron chi connectivity index (χ2n) is 5.21. The second-order valence-corrected chi connectivity index (χ2v) is 5.21. The Kier molecular flexibility index (Phi) is 3.18. The van der Waals surface area contributed by atoms with Crippen molar-refractivity contribution in [1.82, 2.24) is 9.88 Å². The van der Waals surface area contributed by atoms with Crippen LogP contribution in [0.5, 0.6) is 0 Å². The maximum absolute atomic E-state index is 12.5. The number of carboxylic acids is 1. The van der Waals surface area contributed by atoms with E-state index in [-0.39, 0.29) is 5.91 Å². The van der Waals surface area contributed by atoms with E-state index in [9.17, 15) is 9.59 Å². The molecule has 0 unspecified atom stereocenters. The molecule has 5 nitrogen and oxygen atoms in total. The lowest BCUT2D eigenvalue weighted by atomic mass is 9.97. The van der Waals surface area contributed by atoms with Gasteiger partial charge in [-0.1, -0.05) is 6.07 Å². The fourth-order valence-electron chi connectivity index (χ4n) is 2.73. The fourth-order valence-corrected chi connectivity index (χ4v) is 2.73. The molecule has 2 N–H and O–H groups in total. The second kappa shape index (κ2) is 5.00. The number of H-pyrrole nitrogens is 1. The van der Waals surface area contributed by atoms with Crippen LogP contribution in [0.3, 0.4) is 0 Å². The predicted molar refractivity (Wildman–Crippen MR) is 74.6 cm³/mol. The summed E-state index contributed by atoms with van der Waals surface area (Å²) in [5.41, 5.74) is 1.52. The van der Waals surface area contributed by atoms with Crippen molar-refractivity contribution in [3.8, 4) is 0 Å². The Labute approximate surface area is 116 Å². The van der Waals surface area contributed by atoms with E-state index in [1.165, 1.54) is 0 Å². The van der Waals surface area contributed by atoms with Crippen molar-refractivity contribution < 1.29 is 14.7 Å². The van der Waals surface area contributed by atoms with E-state index < -0.39 is 11.9 Å². The number of nitrogens with zero attached hydrogens (tertiary/aromatic N) is 1. The third kappa shape index (κ3) is 2.27. The highest BCUT2D eigenvalue weighted by atomic mass is 16.4. The number of hydrogen-bond donors (Lipinski definition) is 2. The van der Waals surface area contributed by atoms with Crippen LogP contribution in [0.1, 0.15) is 23.2 Å². The van der Waals surface area contributed by atoms with E-state index in [0.29, 0.717) is 25.1 Å². The van der Waals surface area contributed by atoms with Gasteiger partial charge < -0.3 is 15.0 Å². The Bertz CT molecular complexity index is 662. The zero-order valence-corrected chi connectivity index (χ0v) is 11.0. The van der Waals surface area contributed by atoms with E-state index in [4.69, 9.17) is 5.11 Å². The van der Waals surface area contributed by atoms with Gasteiger partial charge in [-0.25, -0.2) is 0 Å². The third-order valence-corrected chi connectivity index (χ3v) is 3.86. The molecule has 104 valence electrons. The van der Waals surface area contributed by atoms with Crippen LogP contribution >= 0.6 is 0 Å². The van der Waals surface area contributed by atoms with Gasteiger partial charge in [0.2, 0.25) is 0 Å². The van der Waals surface area contributed by atoms with Gasteiger partial charge in [-0.3, -0.25) is 9.59 Å². The fraction of sp³-hybridized carbons (Fsp3) is 0.333. The first-order valence-corrected chi connectivity index (χ1v) is 6.74. The van der Waals surface area contributed by atoms with Crippen LogP contribution in [-0.4, -0.2) is 40.0 Å². The molecule has 1 aromatic heterocycles. The van der Waals surface area contributed by atoms with Crippen molar-refractivity contribution >= 4 is 22.8 Å². The molecule has 1 fully saturated rings. The van der Waals surface area contributed by atoms with Crippen LogP contribution < -0.4 is 0 Å². The molecule has 2 heterocycles. The summed E-state index contributed by atoms with van der Waals surface area (Å²) in [6, 6.07) is 7.47. The van der Waals surface area contributed by atoms with E-state index >= 15 is 0 Å². The van der Waals surface area contributed by atoms with Crippen molar-refractivity contribution in [2.24, 2.45) is 5.92 Å². The van der Waals surface area contributed by atoms with Gasteiger partial charge in [0.15, 0.2) is 0 Å². The molecule has 5 heteroatoms. The Morgan fingerprint density at radius 3 is 2.95 bits per heavy atom. The number of hydrogen-bond acceptors (Lipinski definition) is 2. The molecule has 1 atom stereocenters. The van der Waals surface area contributed by atoms with Gasteiger partial charge in [0.25, 0.3) is 5.91 Å². The lowest BCUT2D eigenvalue weighted by Crippen LogP contribution is -2.42. The van der Waals surface area contributed by atoms with Gasteiger partial charge in [-0.15, -0.1) is 0 Å². The SMILES string of the molecule is O=C(O)[C@H]1CCCN(C(=O)c2ccc3cc[nH]c3c2)C1. The summed E-state index contributed by atoms with van der Waals surface area (Å²) >= 11 is 0. The number of nitrogens with one attached hydrogen (secondary N) is 1. The number of carbonyl (C=O) groups is 2. The Hall–Kier alpha value is -2.30. The summed E-state index contributed by atoms with van der Waals surface area (Å²) < 4.78 is 0. The molecule has 1 aromatic carbocycles. The summed E-state index contributed by atoms with van der Waals surface area (Å²) in [5.74, 6) is -1.35. The molecule has 1 saturated heterocycles. The van der Waals surface area contributed by atoms with Crippen molar-refractivity contribution in [3.63, 3.8) is 0 Å². The van der Waals surface area contributed by atoms with Gasteiger partial charge in [0, 0.05) is 30.4 Å². The van der Waals surface area contributed by atoms with Crippen LogP contribution in [0.15, 0.2) is 30.5 Å². The highest BCUT2D eigenvalue weighted by Crippen LogP contribution is 2.20. The monoisotopic (exact) mass is 272 g/mol. The maximum Gasteiger partial charge on any atom is 0.308 e. The standard InChI is InChI=1S/C15H16N2O3/c18-14(17-7-1-2-12(9-17)15(19)20)11-4-3-10-5-6-16-13(10)8-11/h3-6,8,12,16H,1-2,7,9H2,(H,19,20)/t12-/m0/s1. The first-order valence-electron chi connectivity index (χ1n) is 6.74. The number of carboxylic acid groups (broad SMARTS) is 1. The van der Waals surface area contributed by atoms with Crippen molar-refractivity contribution in [2.75, 3.05) is 13.1 Å². The molecule has 0 saturated carbocycles. The number of aromatic amines is 1. The summed E-state index contributed by atoms with van der Waals surface area (Å²) in [6.07, 6.45) is 3.22. The highest BCUT2D eigenvalue weighted by molar-refractivity contribution is 5.98. The zero-order valence-electron chi connectivity index (χ0n) is 11.0. The topological polar surface area (TPSA) is 73.4 Å². The minimum Gasteiger partial charge on any atom is -0.481 e. The highest BCUT2D eigenvalue weighted by Gasteiger charge is 2.28. The molecule has 1 amide bonds. The Morgan fingerprint density at radius 2 is 2.15 bits per heavy atom. The average Bonchev–Trinajstić information content (AvgIpc) is 2.94. The third-order valence-electron chi connectivity index (χ3n) is 3.86. The number of rotatable bonds is 2. The lowest BCUT2D eigenvalue weighted by Gasteiger charge is -2.30. The van der Waals surface area contributed by atoms with Crippen molar-refractivity contribution in [3.05, 3.63) is 36.0 Å². The maximum atomic E-state index is 12.5. The van der Waals surface area contributed by atoms with Gasteiger partial charge in [-0.05, 0) is 36.4 Å². The van der Waals surface area contributed by atoms with Gasteiger partial charge in [-0.2, -0.15) is 0 Å². The number of aliphatic carboxylic acids is 1. The molecule has 1 aliphatic rings. The van der Waals surface area contributed by atoms with Crippen LogP contribution in [0.4, 0.5) is 0 Å². The lowest BCUT2D eigenvalue weighted by molar-refractivity contribution is -0.143. The zero-order chi connectivity index (χ0) is 14.1. The van der Waals surface area contributed by atoms with Crippen LogP contribution in [-0.2, 0) is 4.79 Å². The largest absolute Gasteiger partial charge is 0.481 e. The number of fused-ring (bicyclic) bond motifs is 1. The summed E-state index contributed by atoms with van der Waals surface area (Å²) in [7, 11) is 0. The Morgan fingerprint density at radius 1 is 1.30 bits per heavy atom. The van der Waals surface area contributed by atoms with Crippen molar-refractivity contribution in [1.29, 1.82) is 0 Å². The van der Waals surface area contributed by atoms with Crippen LogP contribution in [0, 0.1) is 5.92 Å². The molecule has 1 aliphatic heterocycles. The molecule has 3 rings (SSSR count). The average molecular weight is 272 g/mol. The van der Waals surface area contributed by atoms with E-state index in [1.807, 2.05) is 24.4 Å². The normalized spacial score (nSPS) is 19.2. The number of likely N-dealkylation sites (tertiary alicyclic amines) is 1. The minimum absolute atomic E-state index is 0.0903. The van der Waals surface area contributed by atoms with Crippen LogP contribution in [0.2, 0.25) is 0 Å². The first-order chi connectivity index (χ1) is 9.65. The summed E-state index contributed by atoms with van der Waals surface area (Å²) in [6.45, 7) is 0.933. The summed E-state index contributed by atoms with van der Waals surface area (Å²) in [5, 5.41) is 10.1. The number of amides is 1. The minimum atomic E-state index is -0.817. The van der Waals surface area contributed by atoms with Gasteiger partial charge in [0.05, 0.1) is 5.92 Å². The quantitative estimate of drug-likeness (QED) is 0.879. The molecule has 0 aliphatic carbocycles. The molecular formula is C15H16N2O3. The number of piperidine rings is 1. The molecular weight excluding hydrogens is 256 g/mol. The molecule has 0 spiro atoms. The number of carbonyl (C=O) groups excluding carboxylic acids is 1.